The molecule has 1 fully saturated rings. The molecule has 1 aliphatic rings. The second-order valence-electron chi connectivity index (χ2n) is 4.63. The van der Waals surface area contributed by atoms with Crippen molar-refractivity contribution >= 4 is 10.0 Å². The third kappa shape index (κ3) is 3.92. The third-order valence-corrected chi connectivity index (χ3v) is 4.53. The fourth-order valence-electron chi connectivity index (χ4n) is 1.98. The first-order valence-electron chi connectivity index (χ1n) is 6.58. The van der Waals surface area contributed by atoms with Gasteiger partial charge in [0.2, 0.25) is 10.0 Å². The molecule has 0 spiro atoms. The first-order chi connectivity index (χ1) is 9.12. The molecular formula is C13H20N2O3S. The predicted octanol–water partition coefficient (Wildman–Crippen LogP) is 1.12. The van der Waals surface area contributed by atoms with Crippen LogP contribution in [0.1, 0.15) is 19.8 Å². The topological polar surface area (TPSA) is 67.4 Å². The highest BCUT2D eigenvalue weighted by molar-refractivity contribution is 7.89. The lowest BCUT2D eigenvalue weighted by Gasteiger charge is -2.12. The zero-order valence-corrected chi connectivity index (χ0v) is 11.9. The van der Waals surface area contributed by atoms with E-state index in [0.29, 0.717) is 18.9 Å². The highest BCUT2D eigenvalue weighted by Gasteiger charge is 2.22. The summed E-state index contributed by atoms with van der Waals surface area (Å²) in [5.41, 5.74) is 0. The molecule has 1 aliphatic heterocycles. The molecule has 0 bridgehead atoms. The molecular weight excluding hydrogens is 264 g/mol. The number of hydrogen-bond donors (Lipinski definition) is 2. The minimum absolute atomic E-state index is 0.0129. The van der Waals surface area contributed by atoms with Crippen molar-refractivity contribution < 1.29 is 13.2 Å². The van der Waals surface area contributed by atoms with E-state index >= 15 is 0 Å². The summed E-state index contributed by atoms with van der Waals surface area (Å²) in [4.78, 5) is 0.281. The van der Waals surface area contributed by atoms with Gasteiger partial charge in [0.05, 0.1) is 11.5 Å². The highest BCUT2D eigenvalue weighted by Crippen LogP contribution is 2.17. The normalized spacial score (nSPS) is 19.5. The van der Waals surface area contributed by atoms with Crippen LogP contribution in [0.25, 0.3) is 0 Å². The van der Waals surface area contributed by atoms with Crippen LogP contribution < -0.4 is 14.8 Å². The zero-order chi connectivity index (χ0) is 13.7. The lowest BCUT2D eigenvalue weighted by molar-refractivity contribution is 0.317. The van der Waals surface area contributed by atoms with Gasteiger partial charge in [-0.1, -0.05) is 6.92 Å². The van der Waals surface area contributed by atoms with Crippen LogP contribution in [0.3, 0.4) is 0 Å². The van der Waals surface area contributed by atoms with E-state index < -0.39 is 10.0 Å². The molecule has 0 amide bonds. The van der Waals surface area contributed by atoms with Crippen LogP contribution >= 0.6 is 0 Å². The maximum absolute atomic E-state index is 12.1. The van der Waals surface area contributed by atoms with Gasteiger partial charge >= 0.3 is 0 Å². The van der Waals surface area contributed by atoms with Gasteiger partial charge in [-0.15, -0.1) is 0 Å². The van der Waals surface area contributed by atoms with Gasteiger partial charge in [0.15, 0.2) is 0 Å². The van der Waals surface area contributed by atoms with Gasteiger partial charge in [-0.05, 0) is 43.7 Å². The first-order valence-corrected chi connectivity index (χ1v) is 8.06. The van der Waals surface area contributed by atoms with Crippen LogP contribution in [-0.2, 0) is 10.0 Å². The summed E-state index contributed by atoms with van der Waals surface area (Å²) in [6.45, 7) is 4.21. The minimum Gasteiger partial charge on any atom is -0.494 e. The Morgan fingerprint density at radius 1 is 1.37 bits per heavy atom. The number of hydrogen-bond acceptors (Lipinski definition) is 4. The zero-order valence-electron chi connectivity index (χ0n) is 11.1. The van der Waals surface area contributed by atoms with Crippen molar-refractivity contribution in [3.63, 3.8) is 0 Å². The first kappa shape index (κ1) is 14.3. The number of nitrogens with one attached hydrogen (secondary N) is 2. The van der Waals surface area contributed by atoms with Crippen molar-refractivity contribution in [2.45, 2.75) is 30.7 Å². The summed E-state index contributed by atoms with van der Waals surface area (Å²) >= 11 is 0. The lowest BCUT2D eigenvalue weighted by Crippen LogP contribution is -2.36. The van der Waals surface area contributed by atoms with Crippen LogP contribution in [0.4, 0.5) is 0 Å². The van der Waals surface area contributed by atoms with E-state index in [2.05, 4.69) is 10.0 Å². The summed E-state index contributed by atoms with van der Waals surface area (Å²) < 4.78 is 32.4. The SMILES string of the molecule is CCCOc1ccc(S(=O)(=O)N[C@H]2CCNC2)cc1. The Labute approximate surface area is 114 Å². The van der Waals surface area contributed by atoms with Crippen LogP contribution in [-0.4, -0.2) is 34.2 Å². The number of sulfonamides is 1. The van der Waals surface area contributed by atoms with Gasteiger partial charge < -0.3 is 10.1 Å². The van der Waals surface area contributed by atoms with E-state index in [1.807, 2.05) is 6.92 Å². The van der Waals surface area contributed by atoms with Crippen LogP contribution in [0, 0.1) is 0 Å². The van der Waals surface area contributed by atoms with Crippen molar-refractivity contribution in [2.75, 3.05) is 19.7 Å². The van der Waals surface area contributed by atoms with Gasteiger partial charge in [-0.2, -0.15) is 0 Å². The van der Waals surface area contributed by atoms with Crippen molar-refractivity contribution in [1.82, 2.24) is 10.0 Å². The Balaban J connectivity index is 2.03. The van der Waals surface area contributed by atoms with Crippen molar-refractivity contribution in [3.05, 3.63) is 24.3 Å². The molecule has 0 saturated carbocycles. The molecule has 0 aromatic heterocycles. The Kier molecular flexibility index (Phi) is 4.79. The fourth-order valence-corrected chi connectivity index (χ4v) is 3.25. The standard InChI is InChI=1S/C13H20N2O3S/c1-2-9-18-12-3-5-13(6-4-12)19(16,17)15-11-7-8-14-10-11/h3-6,11,14-15H,2,7-10H2,1H3/t11-/m0/s1. The monoisotopic (exact) mass is 284 g/mol. The van der Waals surface area contributed by atoms with Crippen LogP contribution in [0.2, 0.25) is 0 Å². The van der Waals surface area contributed by atoms with E-state index in [4.69, 9.17) is 4.74 Å². The van der Waals surface area contributed by atoms with E-state index in [1.54, 1.807) is 24.3 Å². The Morgan fingerprint density at radius 3 is 2.68 bits per heavy atom. The number of ether oxygens (including phenoxy) is 1. The van der Waals surface area contributed by atoms with E-state index in [1.165, 1.54) is 0 Å². The Morgan fingerprint density at radius 2 is 2.11 bits per heavy atom. The van der Waals surface area contributed by atoms with E-state index in [0.717, 1.165) is 19.4 Å². The average molecular weight is 284 g/mol. The number of benzene rings is 1. The molecule has 1 heterocycles. The Hall–Kier alpha value is -1.11. The summed E-state index contributed by atoms with van der Waals surface area (Å²) in [7, 11) is -3.43. The average Bonchev–Trinajstić information content (AvgIpc) is 2.89. The molecule has 0 aliphatic carbocycles. The van der Waals surface area contributed by atoms with Gasteiger partial charge in [0.1, 0.15) is 5.75 Å². The van der Waals surface area contributed by atoms with Crippen molar-refractivity contribution in [2.24, 2.45) is 0 Å². The summed E-state index contributed by atoms with van der Waals surface area (Å²) in [6.07, 6.45) is 1.76. The van der Waals surface area contributed by atoms with Gasteiger partial charge in [-0.25, -0.2) is 13.1 Å². The second-order valence-corrected chi connectivity index (χ2v) is 6.34. The van der Waals surface area contributed by atoms with Gasteiger partial charge in [0, 0.05) is 12.6 Å². The van der Waals surface area contributed by atoms with E-state index in [-0.39, 0.29) is 10.9 Å². The maximum atomic E-state index is 12.1. The smallest absolute Gasteiger partial charge is 0.240 e. The molecule has 0 unspecified atom stereocenters. The molecule has 19 heavy (non-hydrogen) atoms. The molecule has 1 saturated heterocycles. The third-order valence-electron chi connectivity index (χ3n) is 2.99. The molecule has 1 aromatic carbocycles. The Bertz CT molecular complexity index is 493. The molecule has 5 nitrogen and oxygen atoms in total. The largest absolute Gasteiger partial charge is 0.494 e. The molecule has 106 valence electrons. The highest BCUT2D eigenvalue weighted by atomic mass is 32.2. The molecule has 0 radical (unpaired) electrons. The predicted molar refractivity (Wildman–Crippen MR) is 73.8 cm³/mol. The fraction of sp³-hybridized carbons (Fsp3) is 0.538. The molecule has 6 heteroatoms. The summed E-state index contributed by atoms with van der Waals surface area (Å²) in [5.74, 6) is 0.698. The molecule has 1 aromatic rings. The maximum Gasteiger partial charge on any atom is 0.240 e. The van der Waals surface area contributed by atoms with Gasteiger partial charge in [0.25, 0.3) is 0 Å². The number of rotatable bonds is 6. The summed E-state index contributed by atoms with van der Waals surface area (Å²) in [5, 5.41) is 3.13. The summed E-state index contributed by atoms with van der Waals surface area (Å²) in [6, 6.07) is 6.53. The lowest BCUT2D eigenvalue weighted by atomic mass is 10.3. The second kappa shape index (κ2) is 6.36. The van der Waals surface area contributed by atoms with Crippen molar-refractivity contribution in [3.8, 4) is 5.75 Å². The molecule has 2 N–H and O–H groups in total. The van der Waals surface area contributed by atoms with Crippen LogP contribution in [0.15, 0.2) is 29.2 Å². The minimum atomic E-state index is -3.43. The quantitative estimate of drug-likeness (QED) is 0.821. The molecule has 1 atom stereocenters. The molecule has 2 rings (SSSR count). The van der Waals surface area contributed by atoms with E-state index in [9.17, 15) is 8.42 Å². The van der Waals surface area contributed by atoms with Crippen molar-refractivity contribution in [1.29, 1.82) is 0 Å². The van der Waals surface area contributed by atoms with Gasteiger partial charge in [-0.3, -0.25) is 0 Å². The van der Waals surface area contributed by atoms with Crippen LogP contribution in [0.5, 0.6) is 5.75 Å².